The first-order chi connectivity index (χ1) is 14.6. The second-order valence-corrected chi connectivity index (χ2v) is 7.33. The summed E-state index contributed by atoms with van der Waals surface area (Å²) >= 11 is 0. The molecule has 0 radical (unpaired) electrons. The van der Waals surface area contributed by atoms with Crippen molar-refractivity contribution < 1.29 is 4.52 Å². The summed E-state index contributed by atoms with van der Waals surface area (Å²) in [4.78, 5) is 32.4. The summed E-state index contributed by atoms with van der Waals surface area (Å²) < 4.78 is 6.69. The number of aryl methyl sites for hydroxylation is 1. The normalized spacial score (nSPS) is 11.3. The first-order valence-electron chi connectivity index (χ1n) is 10.3. The maximum Gasteiger partial charge on any atom is 0.328 e. The van der Waals surface area contributed by atoms with E-state index in [4.69, 9.17) is 4.52 Å². The topological polar surface area (TPSA) is 93.8 Å². The third-order valence-electron chi connectivity index (χ3n) is 5.26. The summed E-state index contributed by atoms with van der Waals surface area (Å²) in [7, 11) is 0. The molecule has 0 unspecified atom stereocenters. The second-order valence-electron chi connectivity index (χ2n) is 7.33. The summed E-state index contributed by atoms with van der Waals surface area (Å²) in [5.74, 6) is 0.826. The zero-order valence-electron chi connectivity index (χ0n) is 17.1. The van der Waals surface area contributed by atoms with Gasteiger partial charge in [0.2, 0.25) is 5.82 Å². The average Bonchev–Trinajstić information content (AvgIpc) is 3.26. The molecule has 2 heterocycles. The van der Waals surface area contributed by atoms with Crippen molar-refractivity contribution in [1.82, 2.24) is 19.7 Å². The maximum atomic E-state index is 12.7. The van der Waals surface area contributed by atoms with Gasteiger partial charge in [-0.15, -0.1) is 0 Å². The Morgan fingerprint density at radius 2 is 1.77 bits per heavy atom. The third-order valence-corrected chi connectivity index (χ3v) is 5.26. The molecule has 0 spiro atoms. The van der Waals surface area contributed by atoms with Gasteiger partial charge in [-0.2, -0.15) is 4.98 Å². The molecule has 0 amide bonds. The number of hydrogen-bond acceptors (Lipinski definition) is 5. The molecular formula is C23H24N4O3. The van der Waals surface area contributed by atoms with Gasteiger partial charge >= 0.3 is 5.69 Å². The molecule has 4 rings (SSSR count). The monoisotopic (exact) mass is 404 g/mol. The molecule has 7 nitrogen and oxygen atoms in total. The number of aromatic nitrogens is 4. The van der Waals surface area contributed by atoms with E-state index in [1.807, 2.05) is 24.3 Å². The molecule has 0 aliphatic rings. The lowest BCUT2D eigenvalue weighted by Gasteiger charge is -2.06. The highest BCUT2D eigenvalue weighted by Gasteiger charge is 2.13. The van der Waals surface area contributed by atoms with Crippen LogP contribution in [0.2, 0.25) is 0 Å². The first-order valence-corrected chi connectivity index (χ1v) is 10.3. The fourth-order valence-corrected chi connectivity index (χ4v) is 3.46. The zero-order chi connectivity index (χ0) is 21.1. The van der Waals surface area contributed by atoms with E-state index in [9.17, 15) is 9.59 Å². The zero-order valence-corrected chi connectivity index (χ0v) is 17.1. The number of H-pyrrole nitrogens is 1. The van der Waals surface area contributed by atoms with Crippen LogP contribution in [0, 0.1) is 0 Å². The van der Waals surface area contributed by atoms with E-state index in [0.29, 0.717) is 34.7 Å². The van der Waals surface area contributed by atoms with Crippen LogP contribution in [0.15, 0.2) is 56.6 Å². The van der Waals surface area contributed by atoms with Gasteiger partial charge in [-0.1, -0.05) is 56.1 Å². The molecule has 0 saturated heterocycles. The number of unbranched alkanes of at least 4 members (excludes halogenated alkanes) is 2. The van der Waals surface area contributed by atoms with Crippen LogP contribution >= 0.6 is 0 Å². The molecule has 0 aliphatic carbocycles. The van der Waals surface area contributed by atoms with Crippen LogP contribution in [0.3, 0.4) is 0 Å². The minimum atomic E-state index is -0.400. The van der Waals surface area contributed by atoms with Crippen molar-refractivity contribution in [3.63, 3.8) is 0 Å². The molecule has 1 N–H and O–H groups in total. The van der Waals surface area contributed by atoms with Crippen molar-refractivity contribution in [2.24, 2.45) is 0 Å². The largest absolute Gasteiger partial charge is 0.334 e. The fraction of sp³-hybridized carbons (Fsp3) is 0.304. The van der Waals surface area contributed by atoms with Crippen molar-refractivity contribution in [3.8, 4) is 22.8 Å². The van der Waals surface area contributed by atoms with Gasteiger partial charge in [0.05, 0.1) is 10.9 Å². The lowest BCUT2D eigenvalue weighted by molar-refractivity contribution is 0.432. The summed E-state index contributed by atoms with van der Waals surface area (Å²) in [5.41, 5.74) is 2.53. The molecule has 154 valence electrons. The molecule has 2 aromatic carbocycles. The summed E-state index contributed by atoms with van der Waals surface area (Å²) in [5, 5.41) is 4.53. The van der Waals surface area contributed by atoms with E-state index >= 15 is 0 Å². The molecule has 0 aliphatic heterocycles. The Morgan fingerprint density at radius 3 is 2.50 bits per heavy atom. The summed E-state index contributed by atoms with van der Waals surface area (Å²) in [6, 6.07) is 13.2. The predicted molar refractivity (Wildman–Crippen MR) is 116 cm³/mol. The van der Waals surface area contributed by atoms with Crippen LogP contribution in [0.1, 0.15) is 38.7 Å². The van der Waals surface area contributed by atoms with Gasteiger partial charge in [-0.05, 0) is 36.6 Å². The van der Waals surface area contributed by atoms with Gasteiger partial charge in [0.1, 0.15) is 0 Å². The van der Waals surface area contributed by atoms with Crippen LogP contribution in [0.4, 0.5) is 0 Å². The van der Waals surface area contributed by atoms with Gasteiger partial charge in [0, 0.05) is 17.7 Å². The number of nitrogens with one attached hydrogen (secondary N) is 1. The van der Waals surface area contributed by atoms with Crippen LogP contribution in [-0.4, -0.2) is 19.7 Å². The maximum absolute atomic E-state index is 12.7. The van der Waals surface area contributed by atoms with E-state index in [1.54, 1.807) is 18.2 Å². The van der Waals surface area contributed by atoms with Crippen molar-refractivity contribution in [3.05, 3.63) is 68.9 Å². The molecule has 7 heteroatoms. The molecule has 0 fully saturated rings. The standard InChI is InChI=1S/C23H24N4O3/c1-3-5-6-13-27-22(28)18-12-11-17(14-19(18)24-23(27)29)21-25-20(26-30-21)16-9-7-15(4-2)8-10-16/h7-12,14H,3-6,13H2,1-2H3,(H,24,29). The van der Waals surface area contributed by atoms with Gasteiger partial charge in [0.25, 0.3) is 11.4 Å². The Balaban J connectivity index is 1.67. The molecular weight excluding hydrogens is 380 g/mol. The number of benzene rings is 2. The highest BCUT2D eigenvalue weighted by molar-refractivity contribution is 5.82. The average molecular weight is 404 g/mol. The quantitative estimate of drug-likeness (QED) is 0.467. The summed E-state index contributed by atoms with van der Waals surface area (Å²) in [6.07, 6.45) is 3.77. The molecule has 0 bridgehead atoms. The number of aromatic amines is 1. The van der Waals surface area contributed by atoms with Crippen LogP contribution in [0.5, 0.6) is 0 Å². The Bertz CT molecular complexity index is 1280. The second kappa shape index (κ2) is 8.49. The third kappa shape index (κ3) is 3.83. The molecule has 30 heavy (non-hydrogen) atoms. The summed E-state index contributed by atoms with van der Waals surface area (Å²) in [6.45, 7) is 4.60. The highest BCUT2D eigenvalue weighted by atomic mass is 16.5. The van der Waals surface area contributed by atoms with E-state index < -0.39 is 5.69 Å². The number of rotatable bonds is 7. The lowest BCUT2D eigenvalue weighted by Crippen LogP contribution is -2.35. The molecule has 0 saturated carbocycles. The van der Waals surface area contributed by atoms with Crippen molar-refractivity contribution in [1.29, 1.82) is 0 Å². The van der Waals surface area contributed by atoms with Gasteiger partial charge in [0.15, 0.2) is 0 Å². The molecule has 0 atom stereocenters. The lowest BCUT2D eigenvalue weighted by atomic mass is 10.1. The van der Waals surface area contributed by atoms with E-state index in [1.165, 1.54) is 10.1 Å². The first kappa shape index (κ1) is 19.8. The molecule has 2 aromatic heterocycles. The highest BCUT2D eigenvalue weighted by Crippen LogP contribution is 2.24. The predicted octanol–water partition coefficient (Wildman–Crippen LogP) is 4.16. The van der Waals surface area contributed by atoms with Crippen molar-refractivity contribution in [2.75, 3.05) is 0 Å². The van der Waals surface area contributed by atoms with Gasteiger partial charge < -0.3 is 9.51 Å². The Morgan fingerprint density at radius 1 is 1.00 bits per heavy atom. The van der Waals surface area contributed by atoms with Gasteiger partial charge in [-0.25, -0.2) is 4.79 Å². The Kier molecular flexibility index (Phi) is 5.61. The van der Waals surface area contributed by atoms with Crippen molar-refractivity contribution in [2.45, 2.75) is 46.1 Å². The Hall–Kier alpha value is -3.48. The Labute approximate surface area is 173 Å². The van der Waals surface area contributed by atoms with Gasteiger partial charge in [-0.3, -0.25) is 9.36 Å². The number of fused-ring (bicyclic) bond motifs is 1. The minimum absolute atomic E-state index is 0.279. The van der Waals surface area contributed by atoms with Crippen LogP contribution in [0.25, 0.3) is 33.7 Å². The van der Waals surface area contributed by atoms with E-state index in [-0.39, 0.29) is 5.56 Å². The fourth-order valence-electron chi connectivity index (χ4n) is 3.46. The van der Waals surface area contributed by atoms with Crippen molar-refractivity contribution >= 4 is 10.9 Å². The van der Waals surface area contributed by atoms with E-state index in [0.717, 1.165) is 31.2 Å². The van der Waals surface area contributed by atoms with Crippen LogP contribution in [-0.2, 0) is 13.0 Å². The smallest absolute Gasteiger partial charge is 0.328 e. The number of nitrogens with zero attached hydrogens (tertiary/aromatic N) is 3. The molecule has 4 aromatic rings. The minimum Gasteiger partial charge on any atom is -0.334 e. The van der Waals surface area contributed by atoms with E-state index in [2.05, 4.69) is 29.0 Å². The van der Waals surface area contributed by atoms with Crippen LogP contribution < -0.4 is 11.2 Å². The SMILES string of the molecule is CCCCCn1c(=O)[nH]c2cc(-c3nc(-c4ccc(CC)cc4)no3)ccc2c1=O. The number of hydrogen-bond donors (Lipinski definition) is 1.